The molecule has 0 amide bonds. The van der Waals surface area contributed by atoms with Gasteiger partial charge in [-0.25, -0.2) is 0 Å². The van der Waals surface area contributed by atoms with Crippen LogP contribution in [-0.4, -0.2) is 0 Å². The van der Waals surface area contributed by atoms with E-state index in [0.29, 0.717) is 5.41 Å². The Morgan fingerprint density at radius 2 is 1.83 bits per heavy atom. The second kappa shape index (κ2) is 6.40. The van der Waals surface area contributed by atoms with Gasteiger partial charge < -0.3 is 0 Å². The Labute approximate surface area is 93.7 Å². The van der Waals surface area contributed by atoms with Gasteiger partial charge in [0.1, 0.15) is 0 Å². The van der Waals surface area contributed by atoms with Crippen LogP contribution >= 0.6 is 17.0 Å². The van der Waals surface area contributed by atoms with E-state index in [-0.39, 0.29) is 0 Å². The van der Waals surface area contributed by atoms with Gasteiger partial charge in [0.05, 0.1) is 0 Å². The van der Waals surface area contributed by atoms with Gasteiger partial charge in [0.15, 0.2) is 0 Å². The zero-order valence-corrected chi connectivity index (χ0v) is 11.7. The molecular weight excluding hydrogens is 270 g/mol. The summed E-state index contributed by atoms with van der Waals surface area (Å²) in [7, 11) is 9.87. The van der Waals surface area contributed by atoms with Gasteiger partial charge in [-0.2, -0.15) is 0 Å². The number of halogens is 2. The van der Waals surface area contributed by atoms with Crippen LogP contribution in [0.4, 0.5) is 0 Å². The Morgan fingerprint density at radius 3 is 2.00 bits per heavy atom. The molecule has 0 nitrogen and oxygen atoms in total. The van der Waals surface area contributed by atoms with E-state index in [0.717, 1.165) is 6.42 Å². The molecule has 0 aromatic rings. The predicted molar refractivity (Wildman–Crippen MR) is 53.0 cm³/mol. The van der Waals surface area contributed by atoms with Crippen LogP contribution in [0, 0.1) is 5.41 Å². The molecule has 0 radical (unpaired) electrons. The van der Waals surface area contributed by atoms with Crippen molar-refractivity contribution in [3.63, 3.8) is 0 Å². The standard InChI is InChI=1S/C9H14.2ClH.Zr/c1-9(2,3)8-6-4-5-7-8;;;/h4,6-7H,5H2,1-3H3;2*1H;/q;;;+2/p-2. The van der Waals surface area contributed by atoms with Crippen molar-refractivity contribution in [3.05, 3.63) is 23.8 Å². The summed E-state index contributed by atoms with van der Waals surface area (Å²) in [6.07, 6.45) is 7.85. The van der Waals surface area contributed by atoms with Crippen molar-refractivity contribution in [1.29, 1.82) is 0 Å². The van der Waals surface area contributed by atoms with Crippen LogP contribution in [0.15, 0.2) is 23.8 Å². The van der Waals surface area contributed by atoms with Crippen LogP contribution in [-0.2, 0) is 20.8 Å². The molecule has 1 aliphatic carbocycles. The molecular formula is C9H14Cl2Zr. The minimum atomic E-state index is -0.826. The first-order valence-corrected chi connectivity index (χ1v) is 10.2. The number of hydrogen-bond donors (Lipinski definition) is 0. The third kappa shape index (κ3) is 5.57. The van der Waals surface area contributed by atoms with Gasteiger partial charge in [-0.3, -0.25) is 0 Å². The molecule has 3 heteroatoms. The van der Waals surface area contributed by atoms with Gasteiger partial charge in [-0.1, -0.05) is 39.0 Å². The molecule has 0 aliphatic heterocycles. The fraction of sp³-hybridized carbons (Fsp3) is 0.556. The zero-order valence-electron chi connectivity index (χ0n) is 7.70. The van der Waals surface area contributed by atoms with Crippen LogP contribution < -0.4 is 0 Å². The Bertz CT molecular complexity index is 177. The predicted octanol–water partition coefficient (Wildman–Crippen LogP) is 4.30. The Morgan fingerprint density at radius 1 is 1.33 bits per heavy atom. The van der Waals surface area contributed by atoms with Crippen LogP contribution in [0.1, 0.15) is 27.2 Å². The molecule has 0 unspecified atom stereocenters. The summed E-state index contributed by atoms with van der Waals surface area (Å²) < 4.78 is 0. The van der Waals surface area contributed by atoms with Crippen molar-refractivity contribution in [2.24, 2.45) is 5.41 Å². The Balaban J connectivity index is 0.000000354. The van der Waals surface area contributed by atoms with Crippen molar-refractivity contribution in [3.8, 4) is 0 Å². The molecule has 0 aromatic heterocycles. The van der Waals surface area contributed by atoms with Crippen LogP contribution in [0.3, 0.4) is 0 Å². The van der Waals surface area contributed by atoms with E-state index in [1.807, 2.05) is 0 Å². The van der Waals surface area contributed by atoms with Gasteiger partial charge in [0.25, 0.3) is 0 Å². The molecule has 12 heavy (non-hydrogen) atoms. The SMILES string of the molecule is CC(C)(C)C1=CCC=C1.[Cl][Zr][Cl]. The Hall–Kier alpha value is 0.943. The summed E-state index contributed by atoms with van der Waals surface area (Å²) >= 11 is -0.826. The molecule has 1 aliphatic rings. The van der Waals surface area contributed by atoms with E-state index in [1.165, 1.54) is 5.57 Å². The van der Waals surface area contributed by atoms with E-state index >= 15 is 0 Å². The topological polar surface area (TPSA) is 0 Å². The molecule has 0 saturated carbocycles. The second-order valence-electron chi connectivity index (χ2n) is 3.62. The van der Waals surface area contributed by atoms with Crippen molar-refractivity contribution < 1.29 is 20.8 Å². The van der Waals surface area contributed by atoms with Crippen molar-refractivity contribution in [2.75, 3.05) is 0 Å². The van der Waals surface area contributed by atoms with Gasteiger partial charge >= 0.3 is 37.9 Å². The van der Waals surface area contributed by atoms with E-state index in [1.54, 1.807) is 0 Å². The first-order chi connectivity index (χ1) is 5.52. The summed E-state index contributed by atoms with van der Waals surface area (Å²) in [5, 5.41) is 0. The molecule has 0 fully saturated rings. The monoisotopic (exact) mass is 282 g/mol. The molecule has 0 saturated heterocycles. The minimum absolute atomic E-state index is 0.354. The molecule has 0 N–H and O–H groups in total. The average Bonchev–Trinajstić information content (AvgIpc) is 2.36. The molecule has 0 heterocycles. The van der Waals surface area contributed by atoms with Gasteiger partial charge in [0, 0.05) is 0 Å². The third-order valence-electron chi connectivity index (χ3n) is 1.64. The van der Waals surface area contributed by atoms with Crippen LogP contribution in [0.25, 0.3) is 0 Å². The van der Waals surface area contributed by atoms with E-state index in [9.17, 15) is 0 Å². The summed E-state index contributed by atoms with van der Waals surface area (Å²) in [4.78, 5) is 0. The van der Waals surface area contributed by atoms with Crippen LogP contribution in [0.2, 0.25) is 0 Å². The summed E-state index contributed by atoms with van der Waals surface area (Å²) in [6, 6.07) is 0. The van der Waals surface area contributed by atoms with E-state index < -0.39 is 20.8 Å². The molecule has 68 valence electrons. The molecule has 0 bridgehead atoms. The number of hydrogen-bond acceptors (Lipinski definition) is 0. The first kappa shape index (κ1) is 12.9. The molecule has 0 aromatic carbocycles. The normalized spacial score (nSPS) is 14.9. The van der Waals surface area contributed by atoms with Crippen molar-refractivity contribution in [2.45, 2.75) is 27.2 Å². The summed E-state index contributed by atoms with van der Waals surface area (Å²) in [6.45, 7) is 6.73. The molecule has 0 spiro atoms. The maximum absolute atomic E-state index is 4.93. The molecule has 1 rings (SSSR count). The number of rotatable bonds is 0. The fourth-order valence-corrected chi connectivity index (χ4v) is 1.01. The molecule has 0 atom stereocenters. The summed E-state index contributed by atoms with van der Waals surface area (Å²) in [5.41, 5.74) is 1.83. The van der Waals surface area contributed by atoms with Crippen molar-refractivity contribution >= 4 is 17.0 Å². The quantitative estimate of drug-likeness (QED) is 0.622. The van der Waals surface area contributed by atoms with Gasteiger partial charge in [0.2, 0.25) is 0 Å². The maximum atomic E-state index is 4.93. The summed E-state index contributed by atoms with van der Waals surface area (Å²) in [5.74, 6) is 0. The second-order valence-corrected chi connectivity index (χ2v) is 7.35. The van der Waals surface area contributed by atoms with Gasteiger partial charge in [-0.15, -0.1) is 0 Å². The number of allylic oxidation sites excluding steroid dienone is 4. The zero-order chi connectivity index (χ0) is 9.61. The van der Waals surface area contributed by atoms with Gasteiger partial charge in [-0.05, 0) is 17.4 Å². The average molecular weight is 284 g/mol. The van der Waals surface area contributed by atoms with Crippen LogP contribution in [0.5, 0.6) is 0 Å². The first-order valence-electron chi connectivity index (χ1n) is 3.86. The fourth-order valence-electron chi connectivity index (χ4n) is 1.01. The van der Waals surface area contributed by atoms with Crippen molar-refractivity contribution in [1.82, 2.24) is 0 Å². The Kier molecular flexibility index (Phi) is 6.91. The van der Waals surface area contributed by atoms with E-state index in [4.69, 9.17) is 17.0 Å². The van der Waals surface area contributed by atoms with E-state index in [2.05, 4.69) is 39.0 Å². The third-order valence-corrected chi connectivity index (χ3v) is 1.64.